The van der Waals surface area contributed by atoms with Crippen molar-refractivity contribution in [1.82, 2.24) is 10.2 Å². The van der Waals surface area contributed by atoms with Crippen LogP contribution in [0, 0.1) is 5.92 Å². The first-order valence-corrected chi connectivity index (χ1v) is 7.49. The molecule has 2 amide bonds. The highest BCUT2D eigenvalue weighted by Gasteiger charge is 2.22. The summed E-state index contributed by atoms with van der Waals surface area (Å²) in [6.45, 7) is 3.24. The molecule has 1 aliphatic heterocycles. The number of nitrogens with zero attached hydrogens (tertiary/aromatic N) is 1. The standard InChI is InChI=1S/C14H20ClN3O3/c15-12-3-2-11(21-12)14(20)17-6-1-7-18-8-4-10(5-9-18)13(16)19/h2-3,10H,1,4-9H2,(H2,16,19)(H,17,20). The number of rotatable bonds is 6. The number of hydrogen-bond donors (Lipinski definition) is 2. The minimum atomic E-state index is -0.255. The molecule has 1 saturated heterocycles. The number of amides is 2. The van der Waals surface area contributed by atoms with E-state index in [0.29, 0.717) is 6.54 Å². The van der Waals surface area contributed by atoms with Gasteiger partial charge in [-0.05, 0) is 62.6 Å². The Morgan fingerprint density at radius 3 is 2.67 bits per heavy atom. The highest BCUT2D eigenvalue weighted by molar-refractivity contribution is 6.29. The van der Waals surface area contributed by atoms with Crippen LogP contribution in [0.1, 0.15) is 29.8 Å². The lowest BCUT2D eigenvalue weighted by Gasteiger charge is -2.30. The van der Waals surface area contributed by atoms with Crippen LogP contribution in [-0.4, -0.2) is 42.9 Å². The van der Waals surface area contributed by atoms with Gasteiger partial charge in [-0.3, -0.25) is 9.59 Å². The first kappa shape index (κ1) is 15.9. The summed E-state index contributed by atoms with van der Waals surface area (Å²) in [5.41, 5.74) is 5.30. The molecule has 0 aromatic carbocycles. The van der Waals surface area contributed by atoms with Crippen molar-refractivity contribution < 1.29 is 14.0 Å². The van der Waals surface area contributed by atoms with E-state index in [1.54, 1.807) is 12.1 Å². The van der Waals surface area contributed by atoms with E-state index in [1.165, 1.54) is 0 Å². The van der Waals surface area contributed by atoms with Gasteiger partial charge in [0.05, 0.1) is 0 Å². The second kappa shape index (κ2) is 7.47. The van der Waals surface area contributed by atoms with E-state index in [9.17, 15) is 9.59 Å². The number of primary amides is 1. The Balaban J connectivity index is 1.60. The van der Waals surface area contributed by atoms with E-state index in [1.807, 2.05) is 0 Å². The summed E-state index contributed by atoms with van der Waals surface area (Å²) in [5.74, 6) is -0.208. The predicted molar refractivity (Wildman–Crippen MR) is 79.0 cm³/mol. The highest BCUT2D eigenvalue weighted by atomic mass is 35.5. The third-order valence-electron chi connectivity index (χ3n) is 3.72. The normalized spacial score (nSPS) is 16.8. The van der Waals surface area contributed by atoms with Gasteiger partial charge in [-0.1, -0.05) is 0 Å². The molecule has 0 spiro atoms. The van der Waals surface area contributed by atoms with Gasteiger partial charge in [-0.25, -0.2) is 0 Å². The van der Waals surface area contributed by atoms with Crippen molar-refractivity contribution in [3.05, 3.63) is 23.1 Å². The molecule has 1 aromatic rings. The van der Waals surface area contributed by atoms with Crippen LogP contribution in [0.4, 0.5) is 0 Å². The second-order valence-electron chi connectivity index (χ2n) is 5.23. The fraction of sp³-hybridized carbons (Fsp3) is 0.571. The van der Waals surface area contributed by atoms with Crippen molar-refractivity contribution in [2.24, 2.45) is 11.7 Å². The number of piperidine rings is 1. The Morgan fingerprint density at radius 1 is 1.38 bits per heavy atom. The van der Waals surface area contributed by atoms with E-state index >= 15 is 0 Å². The number of likely N-dealkylation sites (tertiary alicyclic amines) is 1. The molecule has 0 saturated carbocycles. The predicted octanol–water partition coefficient (Wildman–Crippen LogP) is 1.25. The van der Waals surface area contributed by atoms with Crippen molar-refractivity contribution in [2.45, 2.75) is 19.3 Å². The van der Waals surface area contributed by atoms with Crippen LogP contribution in [-0.2, 0) is 4.79 Å². The van der Waals surface area contributed by atoms with Crippen LogP contribution in [0.2, 0.25) is 5.22 Å². The van der Waals surface area contributed by atoms with E-state index in [-0.39, 0.29) is 28.7 Å². The topological polar surface area (TPSA) is 88.6 Å². The first-order chi connectivity index (χ1) is 10.1. The largest absolute Gasteiger partial charge is 0.440 e. The second-order valence-corrected chi connectivity index (χ2v) is 5.60. The highest BCUT2D eigenvalue weighted by Crippen LogP contribution is 2.16. The smallest absolute Gasteiger partial charge is 0.287 e. The molecule has 6 nitrogen and oxygen atoms in total. The molecule has 3 N–H and O–H groups in total. The summed E-state index contributed by atoms with van der Waals surface area (Å²) in [5, 5.41) is 2.99. The lowest BCUT2D eigenvalue weighted by atomic mass is 9.96. The SMILES string of the molecule is NC(=O)C1CCN(CCCNC(=O)c2ccc(Cl)o2)CC1. The zero-order valence-corrected chi connectivity index (χ0v) is 12.6. The monoisotopic (exact) mass is 313 g/mol. The number of furan rings is 1. The molecule has 0 radical (unpaired) electrons. The molecule has 116 valence electrons. The van der Waals surface area contributed by atoms with Gasteiger partial charge in [0.1, 0.15) is 0 Å². The Hall–Kier alpha value is -1.53. The Kier molecular flexibility index (Phi) is 5.64. The Morgan fingerprint density at radius 2 is 2.10 bits per heavy atom. The summed E-state index contributed by atoms with van der Waals surface area (Å²) >= 11 is 5.62. The number of hydrogen-bond acceptors (Lipinski definition) is 4. The van der Waals surface area contributed by atoms with E-state index in [2.05, 4.69) is 10.2 Å². The molecule has 0 atom stereocenters. The zero-order valence-electron chi connectivity index (χ0n) is 11.8. The van der Waals surface area contributed by atoms with E-state index in [4.69, 9.17) is 21.8 Å². The Labute approximate surface area is 128 Å². The molecule has 2 heterocycles. The number of carbonyl (C=O) groups is 2. The molecule has 1 aromatic heterocycles. The lowest BCUT2D eigenvalue weighted by Crippen LogP contribution is -2.39. The van der Waals surface area contributed by atoms with Gasteiger partial charge in [0.15, 0.2) is 11.0 Å². The maximum Gasteiger partial charge on any atom is 0.287 e. The van der Waals surface area contributed by atoms with Crippen LogP contribution in [0.5, 0.6) is 0 Å². The molecule has 2 rings (SSSR count). The van der Waals surface area contributed by atoms with Gasteiger partial charge >= 0.3 is 0 Å². The van der Waals surface area contributed by atoms with Gasteiger partial charge < -0.3 is 20.4 Å². The first-order valence-electron chi connectivity index (χ1n) is 7.11. The van der Waals surface area contributed by atoms with Gasteiger partial charge in [-0.15, -0.1) is 0 Å². The molecule has 0 bridgehead atoms. The molecule has 1 aliphatic rings. The number of halogens is 1. The maximum atomic E-state index is 11.7. The molecule has 0 aliphatic carbocycles. The van der Waals surface area contributed by atoms with Crippen LogP contribution in [0.25, 0.3) is 0 Å². The maximum absolute atomic E-state index is 11.7. The van der Waals surface area contributed by atoms with Gasteiger partial charge in [-0.2, -0.15) is 0 Å². The number of nitrogens with one attached hydrogen (secondary N) is 1. The minimum Gasteiger partial charge on any atom is -0.440 e. The van der Waals surface area contributed by atoms with Crippen LogP contribution in [0.15, 0.2) is 16.5 Å². The van der Waals surface area contributed by atoms with Crippen molar-refractivity contribution in [1.29, 1.82) is 0 Å². The van der Waals surface area contributed by atoms with Gasteiger partial charge in [0.2, 0.25) is 5.91 Å². The summed E-state index contributed by atoms with van der Waals surface area (Å²) in [7, 11) is 0. The van der Waals surface area contributed by atoms with Crippen LogP contribution in [0.3, 0.4) is 0 Å². The van der Waals surface area contributed by atoms with Crippen molar-refractivity contribution in [3.63, 3.8) is 0 Å². The summed E-state index contributed by atoms with van der Waals surface area (Å²) in [6, 6.07) is 3.09. The van der Waals surface area contributed by atoms with Gasteiger partial charge in [0.25, 0.3) is 5.91 Å². The molecule has 21 heavy (non-hydrogen) atoms. The fourth-order valence-electron chi connectivity index (χ4n) is 2.47. The molecular formula is C14H20ClN3O3. The third kappa shape index (κ3) is 4.75. The summed E-state index contributed by atoms with van der Waals surface area (Å²) < 4.78 is 5.03. The number of nitrogens with two attached hydrogens (primary N) is 1. The number of carbonyl (C=O) groups excluding carboxylic acids is 2. The summed E-state index contributed by atoms with van der Waals surface area (Å²) in [4.78, 5) is 25.1. The molecule has 1 fully saturated rings. The van der Waals surface area contributed by atoms with Crippen molar-refractivity contribution in [3.8, 4) is 0 Å². The lowest BCUT2D eigenvalue weighted by molar-refractivity contribution is -0.123. The quantitative estimate of drug-likeness (QED) is 0.774. The molecule has 7 heteroatoms. The van der Waals surface area contributed by atoms with Crippen molar-refractivity contribution >= 4 is 23.4 Å². The third-order valence-corrected chi connectivity index (χ3v) is 3.93. The van der Waals surface area contributed by atoms with Crippen LogP contribution >= 0.6 is 11.6 Å². The average Bonchev–Trinajstić information content (AvgIpc) is 2.90. The van der Waals surface area contributed by atoms with Crippen molar-refractivity contribution in [2.75, 3.05) is 26.2 Å². The fourth-order valence-corrected chi connectivity index (χ4v) is 2.62. The molecular weight excluding hydrogens is 294 g/mol. The molecule has 0 unspecified atom stereocenters. The minimum absolute atomic E-state index is 0.0182. The van der Waals surface area contributed by atoms with Crippen LogP contribution < -0.4 is 11.1 Å². The zero-order chi connectivity index (χ0) is 15.2. The van der Waals surface area contributed by atoms with E-state index in [0.717, 1.165) is 38.9 Å². The summed E-state index contributed by atoms with van der Waals surface area (Å²) in [6.07, 6.45) is 2.50. The van der Waals surface area contributed by atoms with E-state index < -0.39 is 0 Å². The van der Waals surface area contributed by atoms with Gasteiger partial charge in [0, 0.05) is 12.5 Å². The average molecular weight is 314 g/mol. The Bertz CT molecular complexity index is 495.